The second-order valence-electron chi connectivity index (χ2n) is 2.33. The normalized spacial score (nSPS) is 11.5. The van der Waals surface area contributed by atoms with Gasteiger partial charge in [-0.05, 0) is 19.2 Å². The molecule has 1 atom stereocenters. The van der Waals surface area contributed by atoms with E-state index in [1.54, 1.807) is 0 Å². The molecule has 0 radical (unpaired) electrons. The molecule has 12 heavy (non-hydrogen) atoms. The number of rotatable bonds is 4. The molecule has 1 unspecified atom stereocenters. The first kappa shape index (κ1) is 14.2. The van der Waals surface area contributed by atoms with Gasteiger partial charge >= 0.3 is 0 Å². The zero-order chi connectivity index (χ0) is 8.69. The van der Waals surface area contributed by atoms with Crippen LogP contribution in [0.25, 0.3) is 0 Å². The lowest BCUT2D eigenvalue weighted by Crippen LogP contribution is -2.16. The van der Waals surface area contributed by atoms with E-state index in [0.29, 0.717) is 0 Å². The molecule has 0 spiro atoms. The van der Waals surface area contributed by atoms with Crippen molar-refractivity contribution in [1.82, 2.24) is 4.90 Å². The third kappa shape index (κ3) is 5.31. The van der Waals surface area contributed by atoms with Crippen molar-refractivity contribution in [2.75, 3.05) is 13.6 Å². The molecular weight excluding hydrogens is 167 g/mol. The van der Waals surface area contributed by atoms with Crippen molar-refractivity contribution < 1.29 is 0 Å². The topological polar surface area (TPSA) is 15.6 Å². The molecule has 0 saturated heterocycles. The number of hydrogen-bond acceptors (Lipinski definition) is 2. The van der Waals surface area contributed by atoms with Gasteiger partial charge in [0.15, 0.2) is 0 Å². The molecule has 0 aromatic carbocycles. The van der Waals surface area contributed by atoms with E-state index in [4.69, 9.17) is 0 Å². The third-order valence-electron chi connectivity index (χ3n) is 1.36. The van der Waals surface area contributed by atoms with Crippen LogP contribution in [0, 0.1) is 0 Å². The fraction of sp³-hybridized carbons (Fsp3) is 0.667. The quantitative estimate of drug-likeness (QED) is 0.489. The highest BCUT2D eigenvalue weighted by molar-refractivity contribution is 7.20. The van der Waals surface area contributed by atoms with Crippen LogP contribution in [0.15, 0.2) is 16.6 Å². The molecule has 0 aliphatic rings. The Morgan fingerprint density at radius 3 is 2.50 bits per heavy atom. The van der Waals surface area contributed by atoms with Crippen molar-refractivity contribution in [3.63, 3.8) is 0 Å². The van der Waals surface area contributed by atoms with Crippen molar-refractivity contribution in [3.05, 3.63) is 11.6 Å². The molecule has 0 saturated carbocycles. The summed E-state index contributed by atoms with van der Waals surface area (Å²) in [6.45, 7) is 5.14. The standard InChI is InChI=1S/C8H17N2P.CH4/c1-4-6-10(3)8(7-11)9-5-2;/h5,7H,4,6,11H2,1-3H3;1H4/b8-7+,9-5-;. The summed E-state index contributed by atoms with van der Waals surface area (Å²) < 4.78 is 0. The Kier molecular flexibility index (Phi) is 10.3. The highest BCUT2D eigenvalue weighted by atomic mass is 31.0. The summed E-state index contributed by atoms with van der Waals surface area (Å²) in [5.41, 5.74) is 0. The van der Waals surface area contributed by atoms with E-state index in [-0.39, 0.29) is 7.43 Å². The first-order chi connectivity index (χ1) is 5.26. The molecule has 0 amide bonds. The van der Waals surface area contributed by atoms with E-state index >= 15 is 0 Å². The maximum absolute atomic E-state index is 4.20. The van der Waals surface area contributed by atoms with Gasteiger partial charge in [-0.2, -0.15) is 0 Å². The minimum Gasteiger partial charge on any atom is -0.360 e. The molecule has 3 heteroatoms. The minimum absolute atomic E-state index is 0. The maximum Gasteiger partial charge on any atom is 0.127 e. The van der Waals surface area contributed by atoms with Crippen LogP contribution in [0.2, 0.25) is 0 Å². The first-order valence-electron chi connectivity index (χ1n) is 3.88. The molecule has 0 rings (SSSR count). The van der Waals surface area contributed by atoms with Crippen LogP contribution in [0.1, 0.15) is 27.7 Å². The average Bonchev–Trinajstić information content (AvgIpc) is 2.00. The minimum atomic E-state index is 0. The lowest BCUT2D eigenvalue weighted by Gasteiger charge is -2.17. The van der Waals surface area contributed by atoms with Crippen molar-refractivity contribution in [2.24, 2.45) is 4.99 Å². The Morgan fingerprint density at radius 1 is 1.58 bits per heavy atom. The van der Waals surface area contributed by atoms with Crippen molar-refractivity contribution in [2.45, 2.75) is 27.7 Å². The molecule has 0 N–H and O–H groups in total. The lowest BCUT2D eigenvalue weighted by atomic mass is 10.4. The Bertz CT molecular complexity index is 153. The first-order valence-corrected chi connectivity index (χ1v) is 4.54. The SMILES string of the molecule is C.C/C=N\C(=C/P)N(C)CCC. The molecule has 72 valence electrons. The third-order valence-corrected chi connectivity index (χ3v) is 1.66. The van der Waals surface area contributed by atoms with Gasteiger partial charge in [0.05, 0.1) is 0 Å². The molecule has 2 nitrogen and oxygen atoms in total. The Morgan fingerprint density at radius 2 is 2.17 bits per heavy atom. The van der Waals surface area contributed by atoms with Crippen LogP contribution in [0.4, 0.5) is 0 Å². The zero-order valence-corrected chi connectivity index (χ0v) is 8.70. The van der Waals surface area contributed by atoms with Gasteiger partial charge in [-0.1, -0.05) is 14.4 Å². The van der Waals surface area contributed by atoms with E-state index < -0.39 is 0 Å². The fourth-order valence-electron chi connectivity index (χ4n) is 0.851. The van der Waals surface area contributed by atoms with Crippen LogP contribution in [0.5, 0.6) is 0 Å². The van der Waals surface area contributed by atoms with Crippen LogP contribution in [-0.4, -0.2) is 24.7 Å². The molecule has 0 aromatic rings. The Labute approximate surface area is 79.0 Å². The van der Waals surface area contributed by atoms with E-state index in [1.165, 1.54) is 0 Å². The molecule has 0 aliphatic heterocycles. The van der Waals surface area contributed by atoms with Crippen molar-refractivity contribution in [3.8, 4) is 0 Å². The largest absolute Gasteiger partial charge is 0.360 e. The molecule has 0 aliphatic carbocycles. The van der Waals surface area contributed by atoms with Gasteiger partial charge < -0.3 is 4.90 Å². The van der Waals surface area contributed by atoms with Gasteiger partial charge in [0.2, 0.25) is 0 Å². The van der Waals surface area contributed by atoms with Crippen LogP contribution in [-0.2, 0) is 0 Å². The highest BCUT2D eigenvalue weighted by Gasteiger charge is 1.97. The van der Waals surface area contributed by atoms with Gasteiger partial charge in [0.25, 0.3) is 0 Å². The van der Waals surface area contributed by atoms with E-state index in [0.717, 1.165) is 18.8 Å². The lowest BCUT2D eigenvalue weighted by molar-refractivity contribution is 0.414. The fourth-order valence-corrected chi connectivity index (χ4v) is 1.19. The van der Waals surface area contributed by atoms with Crippen LogP contribution >= 0.6 is 9.24 Å². The highest BCUT2D eigenvalue weighted by Crippen LogP contribution is 2.05. The van der Waals surface area contributed by atoms with Crippen LogP contribution in [0.3, 0.4) is 0 Å². The van der Waals surface area contributed by atoms with Gasteiger partial charge in [-0.15, -0.1) is 9.24 Å². The summed E-state index contributed by atoms with van der Waals surface area (Å²) in [6.07, 6.45) is 2.96. The smallest absolute Gasteiger partial charge is 0.127 e. The molecule has 0 bridgehead atoms. The second-order valence-corrected chi connectivity index (χ2v) is 2.67. The molecule has 0 fully saturated rings. The molecule has 0 aromatic heterocycles. The Balaban J connectivity index is 0. The van der Waals surface area contributed by atoms with Crippen LogP contribution < -0.4 is 0 Å². The number of nitrogens with zero attached hydrogens (tertiary/aromatic N) is 2. The van der Waals surface area contributed by atoms with E-state index in [2.05, 4.69) is 26.1 Å². The predicted molar refractivity (Wildman–Crippen MR) is 61.6 cm³/mol. The van der Waals surface area contributed by atoms with Gasteiger partial charge in [-0.3, -0.25) is 0 Å². The summed E-state index contributed by atoms with van der Waals surface area (Å²) >= 11 is 0. The summed E-state index contributed by atoms with van der Waals surface area (Å²) in [5.74, 6) is 2.95. The summed E-state index contributed by atoms with van der Waals surface area (Å²) in [5, 5.41) is 0. The van der Waals surface area contributed by atoms with Crippen molar-refractivity contribution >= 4 is 15.5 Å². The zero-order valence-electron chi connectivity index (χ0n) is 7.54. The predicted octanol–water partition coefficient (Wildman–Crippen LogP) is 2.73. The average molecular weight is 188 g/mol. The Hall–Kier alpha value is -0.360. The monoisotopic (exact) mass is 188 g/mol. The molecular formula is C9H21N2P. The number of hydrogen-bond donors (Lipinski definition) is 0. The number of aliphatic imine (C=N–C) groups is 1. The summed E-state index contributed by atoms with van der Waals surface area (Å²) in [7, 11) is 4.62. The van der Waals surface area contributed by atoms with E-state index in [1.807, 2.05) is 26.0 Å². The van der Waals surface area contributed by atoms with E-state index in [9.17, 15) is 0 Å². The van der Waals surface area contributed by atoms with Crippen molar-refractivity contribution in [1.29, 1.82) is 0 Å². The maximum atomic E-state index is 4.20. The van der Waals surface area contributed by atoms with Gasteiger partial charge in [0, 0.05) is 19.8 Å². The summed E-state index contributed by atoms with van der Waals surface area (Å²) in [6, 6.07) is 0. The van der Waals surface area contributed by atoms with Gasteiger partial charge in [0.1, 0.15) is 5.82 Å². The summed E-state index contributed by atoms with van der Waals surface area (Å²) in [4.78, 5) is 6.33. The van der Waals surface area contributed by atoms with Gasteiger partial charge in [-0.25, -0.2) is 4.99 Å². The molecule has 0 heterocycles. The second kappa shape index (κ2) is 8.73.